The standard InChI is InChI=1S/C17H16Cl2N4O2S/c1-3-22-12-7-10(18)11(19)8-13(12)23(4-2)14(22)6-5-9-15(24)20-17(26)21-16(9)25/h5-8H,3-4H2,1-2H3,(H2,20,21,24,25,26). The molecule has 0 spiro atoms. The monoisotopic (exact) mass is 410 g/mol. The van der Waals surface area contributed by atoms with E-state index in [0.717, 1.165) is 17.2 Å². The molecule has 9 heteroatoms. The first-order valence-electron chi connectivity index (χ1n) is 8.00. The summed E-state index contributed by atoms with van der Waals surface area (Å²) in [5, 5.41) is 5.79. The molecule has 2 heterocycles. The Morgan fingerprint density at radius 1 is 0.962 bits per heavy atom. The summed E-state index contributed by atoms with van der Waals surface area (Å²) in [4.78, 5) is 28.1. The number of benzene rings is 1. The van der Waals surface area contributed by atoms with Gasteiger partial charge in [0.05, 0.1) is 21.4 Å². The van der Waals surface area contributed by atoms with Crippen molar-refractivity contribution < 1.29 is 9.59 Å². The van der Waals surface area contributed by atoms with Crippen molar-refractivity contribution in [3.8, 4) is 0 Å². The lowest BCUT2D eigenvalue weighted by Crippen LogP contribution is -2.51. The zero-order chi connectivity index (χ0) is 19.0. The summed E-state index contributed by atoms with van der Waals surface area (Å²) in [5.41, 5.74) is 1.84. The summed E-state index contributed by atoms with van der Waals surface area (Å²) in [6.07, 6.45) is 3.22. The molecular formula is C17H16Cl2N4O2S. The molecule has 26 heavy (non-hydrogen) atoms. The number of fused-ring (bicyclic) bond motifs is 1. The van der Waals surface area contributed by atoms with Crippen molar-refractivity contribution in [2.24, 2.45) is 0 Å². The van der Waals surface area contributed by atoms with Crippen molar-refractivity contribution in [3.63, 3.8) is 0 Å². The van der Waals surface area contributed by atoms with Crippen molar-refractivity contribution in [2.45, 2.75) is 13.8 Å². The minimum atomic E-state index is -0.525. The van der Waals surface area contributed by atoms with Crippen LogP contribution in [-0.4, -0.2) is 30.0 Å². The average molecular weight is 411 g/mol. The van der Waals surface area contributed by atoms with Gasteiger partial charge < -0.3 is 9.80 Å². The molecule has 136 valence electrons. The zero-order valence-electron chi connectivity index (χ0n) is 14.1. The lowest BCUT2D eigenvalue weighted by molar-refractivity contribution is -0.123. The number of amides is 2. The van der Waals surface area contributed by atoms with Gasteiger partial charge in [-0.25, -0.2) is 0 Å². The predicted octanol–water partition coefficient (Wildman–Crippen LogP) is 2.96. The Morgan fingerprint density at radius 3 is 1.85 bits per heavy atom. The van der Waals surface area contributed by atoms with E-state index in [0.29, 0.717) is 23.1 Å². The molecule has 6 nitrogen and oxygen atoms in total. The average Bonchev–Trinajstić information content (AvgIpc) is 2.86. The summed E-state index contributed by atoms with van der Waals surface area (Å²) in [7, 11) is 0. The van der Waals surface area contributed by atoms with E-state index in [2.05, 4.69) is 10.6 Å². The molecule has 0 radical (unpaired) electrons. The fourth-order valence-electron chi connectivity index (χ4n) is 2.98. The number of rotatable bonds is 3. The summed E-state index contributed by atoms with van der Waals surface area (Å²) in [6.45, 7) is 5.37. The van der Waals surface area contributed by atoms with Gasteiger partial charge in [0, 0.05) is 13.1 Å². The lowest BCUT2D eigenvalue weighted by Gasteiger charge is -2.23. The van der Waals surface area contributed by atoms with Crippen molar-refractivity contribution >= 4 is 63.7 Å². The molecule has 1 fully saturated rings. The second-order valence-electron chi connectivity index (χ2n) is 5.59. The molecule has 2 amide bonds. The van der Waals surface area contributed by atoms with Gasteiger partial charge in [-0.05, 0) is 50.4 Å². The second kappa shape index (κ2) is 7.26. The first-order chi connectivity index (χ1) is 12.4. The van der Waals surface area contributed by atoms with E-state index >= 15 is 0 Å². The Bertz CT molecular complexity index is 821. The third kappa shape index (κ3) is 3.18. The van der Waals surface area contributed by atoms with Gasteiger partial charge in [-0.3, -0.25) is 20.2 Å². The zero-order valence-corrected chi connectivity index (χ0v) is 16.4. The van der Waals surface area contributed by atoms with Crippen LogP contribution in [0.25, 0.3) is 0 Å². The van der Waals surface area contributed by atoms with Gasteiger partial charge in [0.1, 0.15) is 11.4 Å². The molecule has 0 atom stereocenters. The topological polar surface area (TPSA) is 64.7 Å². The molecule has 2 N–H and O–H groups in total. The van der Waals surface area contributed by atoms with Gasteiger partial charge in [-0.2, -0.15) is 0 Å². The maximum absolute atomic E-state index is 12.0. The van der Waals surface area contributed by atoms with Crippen LogP contribution in [-0.2, 0) is 9.59 Å². The van der Waals surface area contributed by atoms with Crippen molar-refractivity contribution in [3.05, 3.63) is 45.7 Å². The van der Waals surface area contributed by atoms with Crippen molar-refractivity contribution in [1.29, 1.82) is 0 Å². The Kier molecular flexibility index (Phi) is 5.22. The second-order valence-corrected chi connectivity index (χ2v) is 6.81. The van der Waals surface area contributed by atoms with E-state index in [1.807, 2.05) is 35.8 Å². The third-order valence-electron chi connectivity index (χ3n) is 4.13. The fourth-order valence-corrected chi connectivity index (χ4v) is 3.48. The lowest BCUT2D eigenvalue weighted by atomic mass is 10.2. The van der Waals surface area contributed by atoms with Crippen LogP contribution in [0.15, 0.2) is 35.7 Å². The highest BCUT2D eigenvalue weighted by Crippen LogP contribution is 2.45. The molecule has 1 aromatic carbocycles. The van der Waals surface area contributed by atoms with E-state index in [4.69, 9.17) is 35.4 Å². The molecule has 0 saturated carbocycles. The smallest absolute Gasteiger partial charge is 0.263 e. The number of hydrogen-bond donors (Lipinski definition) is 2. The Morgan fingerprint density at radius 2 is 1.42 bits per heavy atom. The summed E-state index contributed by atoms with van der Waals surface area (Å²) in [5.74, 6) is -0.226. The molecule has 0 unspecified atom stereocenters. The number of carbonyl (C=O) groups is 2. The van der Waals surface area contributed by atoms with E-state index < -0.39 is 11.8 Å². The molecule has 1 saturated heterocycles. The largest absolute Gasteiger partial charge is 0.326 e. The third-order valence-corrected chi connectivity index (χ3v) is 5.05. The van der Waals surface area contributed by atoms with Crippen LogP contribution >= 0.6 is 35.4 Å². The highest BCUT2D eigenvalue weighted by atomic mass is 35.5. The van der Waals surface area contributed by atoms with Gasteiger partial charge in [0.15, 0.2) is 5.11 Å². The van der Waals surface area contributed by atoms with Crippen LogP contribution in [0.3, 0.4) is 0 Å². The quantitative estimate of drug-likeness (QED) is 0.455. The Balaban J connectivity index is 2.05. The minimum Gasteiger partial charge on any atom is -0.326 e. The normalized spacial score (nSPS) is 16.5. The van der Waals surface area contributed by atoms with E-state index in [1.165, 1.54) is 6.08 Å². The molecule has 0 aliphatic carbocycles. The maximum Gasteiger partial charge on any atom is 0.263 e. The van der Waals surface area contributed by atoms with E-state index in [1.54, 1.807) is 6.08 Å². The highest BCUT2D eigenvalue weighted by molar-refractivity contribution is 7.80. The first-order valence-corrected chi connectivity index (χ1v) is 9.16. The molecule has 2 aliphatic heterocycles. The first kappa shape index (κ1) is 18.7. The maximum atomic E-state index is 12.0. The van der Waals surface area contributed by atoms with Crippen LogP contribution < -0.4 is 20.4 Å². The number of nitrogens with zero attached hydrogens (tertiary/aromatic N) is 2. The SMILES string of the molecule is CCN1C(=CC=C2C(=O)NC(=S)NC2=O)N(CC)c2cc(Cl)c(Cl)cc21. The summed E-state index contributed by atoms with van der Waals surface area (Å²) < 4.78 is 0. The van der Waals surface area contributed by atoms with E-state index in [9.17, 15) is 9.59 Å². The van der Waals surface area contributed by atoms with Gasteiger partial charge in [-0.15, -0.1) is 0 Å². The Labute approximate surface area is 166 Å². The highest BCUT2D eigenvalue weighted by Gasteiger charge is 2.31. The number of allylic oxidation sites excluding steroid dienone is 2. The summed E-state index contributed by atoms with van der Waals surface area (Å²) >= 11 is 17.2. The van der Waals surface area contributed by atoms with Crippen LogP contribution in [0.1, 0.15) is 13.8 Å². The molecular weight excluding hydrogens is 395 g/mol. The van der Waals surface area contributed by atoms with Crippen molar-refractivity contribution in [2.75, 3.05) is 22.9 Å². The van der Waals surface area contributed by atoms with Crippen molar-refractivity contribution in [1.82, 2.24) is 10.6 Å². The summed E-state index contributed by atoms with van der Waals surface area (Å²) in [6, 6.07) is 3.63. The van der Waals surface area contributed by atoms with Gasteiger partial charge >= 0.3 is 0 Å². The van der Waals surface area contributed by atoms with E-state index in [-0.39, 0.29) is 10.7 Å². The fraction of sp³-hybridized carbons (Fsp3) is 0.235. The predicted molar refractivity (Wildman–Crippen MR) is 108 cm³/mol. The minimum absolute atomic E-state index is 0.00716. The molecule has 0 aromatic heterocycles. The van der Waals surface area contributed by atoms with Gasteiger partial charge in [0.25, 0.3) is 11.8 Å². The molecule has 3 rings (SSSR count). The van der Waals surface area contributed by atoms with Crippen LogP contribution in [0.5, 0.6) is 0 Å². The number of carbonyl (C=O) groups excluding carboxylic acids is 2. The number of anilines is 2. The molecule has 0 bridgehead atoms. The number of thiocarbonyl (C=S) groups is 1. The molecule has 2 aliphatic rings. The van der Waals surface area contributed by atoms with Crippen LogP contribution in [0, 0.1) is 0 Å². The number of nitrogens with one attached hydrogen (secondary N) is 2. The van der Waals surface area contributed by atoms with Gasteiger partial charge in [0.2, 0.25) is 0 Å². The number of hydrogen-bond acceptors (Lipinski definition) is 5. The number of halogens is 2. The van der Waals surface area contributed by atoms with Crippen LogP contribution in [0.4, 0.5) is 11.4 Å². The van der Waals surface area contributed by atoms with Gasteiger partial charge in [-0.1, -0.05) is 23.2 Å². The Hall–Kier alpha value is -2.09. The molecule has 1 aromatic rings. The van der Waals surface area contributed by atoms with Crippen LogP contribution in [0.2, 0.25) is 10.0 Å².